The second-order valence-corrected chi connectivity index (χ2v) is 4.13. The van der Waals surface area contributed by atoms with Gasteiger partial charge in [0.1, 0.15) is 17.6 Å². The minimum atomic E-state index is -0.0951. The number of rotatable bonds is 5. The van der Waals surface area contributed by atoms with Crippen molar-refractivity contribution in [3.8, 4) is 5.75 Å². The Morgan fingerprint density at radius 1 is 1.32 bits per heavy atom. The monoisotopic (exact) mass is 298 g/mol. The van der Waals surface area contributed by atoms with Crippen LogP contribution < -0.4 is 10.2 Å². The Bertz CT molecular complexity index is 736. The van der Waals surface area contributed by atoms with Crippen molar-refractivity contribution in [2.24, 2.45) is 0 Å². The van der Waals surface area contributed by atoms with Crippen LogP contribution in [0.5, 0.6) is 5.75 Å². The van der Waals surface area contributed by atoms with Crippen molar-refractivity contribution in [1.82, 2.24) is 0 Å². The molecule has 3 nitrogen and oxygen atoms in total. The van der Waals surface area contributed by atoms with E-state index >= 15 is 0 Å². The van der Waals surface area contributed by atoms with E-state index in [1.165, 1.54) is 6.26 Å². The van der Waals surface area contributed by atoms with Gasteiger partial charge in [0.25, 0.3) is 0 Å². The first-order valence-corrected chi connectivity index (χ1v) is 7.35. The standard InChI is InChI=1S/C17H16O3.C2H6/c1-4-7-12(5-2)15-11-20-16-10-13(19-6-3)8-9-14(16)17(15)18;1-2/h4-5,7-11H,1-2,6H2,3H3;1-2H3/b12-7+;. The summed E-state index contributed by atoms with van der Waals surface area (Å²) in [5, 5.41) is 0.516. The zero-order chi connectivity index (χ0) is 16.5. The molecule has 0 saturated carbocycles. The predicted molar refractivity (Wildman–Crippen MR) is 93.4 cm³/mol. The van der Waals surface area contributed by atoms with Gasteiger partial charge in [0.2, 0.25) is 0 Å². The topological polar surface area (TPSA) is 39.4 Å². The van der Waals surface area contributed by atoms with Crippen LogP contribution in [0.15, 0.2) is 65.1 Å². The normalized spacial score (nSPS) is 10.6. The highest BCUT2D eigenvalue weighted by Crippen LogP contribution is 2.21. The molecule has 0 N–H and O–H groups in total. The molecule has 1 heterocycles. The number of allylic oxidation sites excluding steroid dienone is 4. The fraction of sp³-hybridized carbons (Fsp3) is 0.211. The average molecular weight is 298 g/mol. The van der Waals surface area contributed by atoms with Gasteiger partial charge in [0.05, 0.1) is 17.6 Å². The molecule has 3 heteroatoms. The van der Waals surface area contributed by atoms with Gasteiger partial charge in [-0.15, -0.1) is 0 Å². The van der Waals surface area contributed by atoms with Crippen LogP contribution in [0.1, 0.15) is 26.3 Å². The van der Waals surface area contributed by atoms with E-state index in [2.05, 4.69) is 13.2 Å². The van der Waals surface area contributed by atoms with E-state index in [1.54, 1.807) is 36.4 Å². The van der Waals surface area contributed by atoms with E-state index in [0.29, 0.717) is 34.5 Å². The molecule has 22 heavy (non-hydrogen) atoms. The highest BCUT2D eigenvalue weighted by atomic mass is 16.5. The SMILES string of the molecule is C=C/C=C(\C=C)c1coc2cc(OCC)ccc2c1=O.CC. The van der Waals surface area contributed by atoms with Crippen molar-refractivity contribution in [1.29, 1.82) is 0 Å². The Morgan fingerprint density at radius 3 is 2.64 bits per heavy atom. The zero-order valence-electron chi connectivity index (χ0n) is 13.4. The summed E-state index contributed by atoms with van der Waals surface area (Å²) in [4.78, 5) is 12.4. The van der Waals surface area contributed by atoms with E-state index in [0.717, 1.165) is 0 Å². The van der Waals surface area contributed by atoms with Crippen molar-refractivity contribution in [3.63, 3.8) is 0 Å². The Morgan fingerprint density at radius 2 is 2.05 bits per heavy atom. The van der Waals surface area contributed by atoms with E-state index in [4.69, 9.17) is 9.15 Å². The van der Waals surface area contributed by atoms with Crippen LogP contribution in [0, 0.1) is 0 Å². The van der Waals surface area contributed by atoms with Gasteiger partial charge in [-0.2, -0.15) is 0 Å². The first-order chi connectivity index (χ1) is 10.7. The number of hydrogen-bond donors (Lipinski definition) is 0. The lowest BCUT2D eigenvalue weighted by molar-refractivity contribution is 0.340. The van der Waals surface area contributed by atoms with Crippen molar-refractivity contribution in [2.75, 3.05) is 6.61 Å². The second kappa shape index (κ2) is 8.67. The van der Waals surface area contributed by atoms with E-state index in [9.17, 15) is 4.79 Å². The molecule has 0 radical (unpaired) electrons. The summed E-state index contributed by atoms with van der Waals surface area (Å²) in [5.41, 5.74) is 1.56. The first kappa shape index (κ1) is 17.5. The van der Waals surface area contributed by atoms with E-state index in [-0.39, 0.29) is 5.43 Å². The van der Waals surface area contributed by atoms with Gasteiger partial charge in [-0.05, 0) is 24.6 Å². The quantitative estimate of drug-likeness (QED) is 0.731. The van der Waals surface area contributed by atoms with Crippen LogP contribution in [-0.2, 0) is 0 Å². The van der Waals surface area contributed by atoms with Gasteiger partial charge in [-0.25, -0.2) is 0 Å². The van der Waals surface area contributed by atoms with Gasteiger partial charge in [0.15, 0.2) is 5.43 Å². The highest BCUT2D eigenvalue weighted by Gasteiger charge is 2.09. The molecular formula is C19H22O3. The first-order valence-electron chi connectivity index (χ1n) is 7.35. The van der Waals surface area contributed by atoms with Crippen LogP contribution in [0.2, 0.25) is 0 Å². The Kier molecular flexibility index (Phi) is 6.90. The van der Waals surface area contributed by atoms with Crippen LogP contribution in [0.25, 0.3) is 16.5 Å². The molecule has 1 aromatic carbocycles. The molecule has 0 atom stereocenters. The van der Waals surface area contributed by atoms with Crippen LogP contribution in [-0.4, -0.2) is 6.61 Å². The minimum absolute atomic E-state index is 0.0951. The van der Waals surface area contributed by atoms with Crippen LogP contribution >= 0.6 is 0 Å². The van der Waals surface area contributed by atoms with Gasteiger partial charge < -0.3 is 9.15 Å². The highest BCUT2D eigenvalue weighted by molar-refractivity contribution is 5.84. The van der Waals surface area contributed by atoms with Crippen LogP contribution in [0.4, 0.5) is 0 Å². The molecule has 0 saturated heterocycles. The molecule has 0 aliphatic carbocycles. The maximum Gasteiger partial charge on any atom is 0.200 e. The molecule has 0 unspecified atom stereocenters. The smallest absolute Gasteiger partial charge is 0.200 e. The molecule has 116 valence electrons. The van der Waals surface area contributed by atoms with E-state index < -0.39 is 0 Å². The third-order valence-electron chi connectivity index (χ3n) is 2.89. The summed E-state index contributed by atoms with van der Waals surface area (Å²) in [6.07, 6.45) is 6.38. The molecule has 0 amide bonds. The number of hydrogen-bond acceptors (Lipinski definition) is 3. The fourth-order valence-electron chi connectivity index (χ4n) is 1.96. The van der Waals surface area contributed by atoms with Crippen molar-refractivity contribution >= 4 is 16.5 Å². The molecule has 0 aliphatic rings. The van der Waals surface area contributed by atoms with E-state index in [1.807, 2.05) is 20.8 Å². The molecule has 2 rings (SSSR count). The molecule has 0 spiro atoms. The summed E-state index contributed by atoms with van der Waals surface area (Å²) in [5.74, 6) is 0.682. The third-order valence-corrected chi connectivity index (χ3v) is 2.89. The maximum atomic E-state index is 12.4. The largest absolute Gasteiger partial charge is 0.494 e. The van der Waals surface area contributed by atoms with Gasteiger partial charge in [-0.3, -0.25) is 4.79 Å². The number of ether oxygens (including phenoxy) is 1. The van der Waals surface area contributed by atoms with Crippen molar-refractivity contribution in [3.05, 3.63) is 71.6 Å². The van der Waals surface area contributed by atoms with Gasteiger partial charge >= 0.3 is 0 Å². The molecule has 2 aromatic rings. The van der Waals surface area contributed by atoms with Crippen molar-refractivity contribution in [2.45, 2.75) is 20.8 Å². The average Bonchev–Trinajstić information content (AvgIpc) is 2.56. The molecule has 0 bridgehead atoms. The molecule has 0 aliphatic heterocycles. The summed E-state index contributed by atoms with van der Waals surface area (Å²) >= 11 is 0. The van der Waals surface area contributed by atoms with Crippen molar-refractivity contribution < 1.29 is 9.15 Å². The number of benzene rings is 1. The lowest BCUT2D eigenvalue weighted by atomic mass is 10.1. The third kappa shape index (κ3) is 3.76. The second-order valence-electron chi connectivity index (χ2n) is 4.13. The molecular weight excluding hydrogens is 276 g/mol. The fourth-order valence-corrected chi connectivity index (χ4v) is 1.96. The molecule has 0 fully saturated rings. The van der Waals surface area contributed by atoms with Gasteiger partial charge in [-0.1, -0.05) is 45.2 Å². The zero-order valence-corrected chi connectivity index (χ0v) is 13.4. The van der Waals surface area contributed by atoms with Gasteiger partial charge in [0, 0.05) is 6.07 Å². The Labute approximate surface area is 131 Å². The number of fused-ring (bicyclic) bond motifs is 1. The summed E-state index contributed by atoms with van der Waals surface area (Å²) in [6.45, 7) is 13.8. The Hall–Kier alpha value is -2.55. The maximum absolute atomic E-state index is 12.4. The summed E-state index contributed by atoms with van der Waals surface area (Å²) in [6, 6.07) is 5.19. The molecule has 1 aromatic heterocycles. The predicted octanol–water partition coefficient (Wildman–Crippen LogP) is 4.97. The minimum Gasteiger partial charge on any atom is -0.494 e. The lowest BCUT2D eigenvalue weighted by Crippen LogP contribution is -2.07. The lowest BCUT2D eigenvalue weighted by Gasteiger charge is -2.05. The Balaban J connectivity index is 0.00000116. The van der Waals surface area contributed by atoms with Crippen LogP contribution in [0.3, 0.4) is 0 Å². The summed E-state index contributed by atoms with van der Waals surface area (Å²) in [7, 11) is 0. The summed E-state index contributed by atoms with van der Waals surface area (Å²) < 4.78 is 10.9.